The van der Waals surface area contributed by atoms with Crippen molar-refractivity contribution in [1.82, 2.24) is 0 Å². The van der Waals surface area contributed by atoms with Crippen LogP contribution in [0.4, 0.5) is 0 Å². The van der Waals surface area contributed by atoms with Crippen LogP contribution in [0.25, 0.3) is 0 Å². The van der Waals surface area contributed by atoms with E-state index >= 15 is 0 Å². The molecule has 0 fully saturated rings. The predicted molar refractivity (Wildman–Crippen MR) is 125 cm³/mol. The molecule has 2 rings (SSSR count). The van der Waals surface area contributed by atoms with Crippen molar-refractivity contribution in [3.63, 3.8) is 0 Å². The second kappa shape index (κ2) is 11.9. The number of benzene rings is 2. The molecule has 2 aromatic carbocycles. The number of rotatable bonds is 6. The number of terminal acetylenes is 2. The van der Waals surface area contributed by atoms with Gasteiger partial charge in [-0.1, -0.05) is 35.0 Å². The number of ether oxygens (including phenoxy) is 2. The molecular formula is C26H20Cl2O4. The second-order valence-electron chi connectivity index (χ2n) is 6.73. The Morgan fingerprint density at radius 3 is 1.50 bits per heavy atom. The van der Waals surface area contributed by atoms with Crippen LogP contribution in [0.1, 0.15) is 61.2 Å². The second-order valence-corrected chi connectivity index (χ2v) is 7.60. The molecule has 0 heterocycles. The summed E-state index contributed by atoms with van der Waals surface area (Å²) in [5.41, 5.74) is 2.35. The van der Waals surface area contributed by atoms with Gasteiger partial charge in [-0.2, -0.15) is 0 Å². The molecule has 6 heteroatoms. The zero-order valence-corrected chi connectivity index (χ0v) is 19.1. The standard InChI is InChI=1S/C26H20Cl2O4/c1-5-7-25(31-17(3)29)23-15-21(27)13-11-19(23)9-10-20-12-14-22(28)16-24(20)26(8-6-2)32-18(4)30/h1-2,11-16,25-26H,7-8H2,3-4H3. The van der Waals surface area contributed by atoms with Gasteiger partial charge in [0.2, 0.25) is 0 Å². The number of hydrogen-bond donors (Lipinski definition) is 0. The zero-order valence-electron chi connectivity index (χ0n) is 17.6. The molecule has 0 aliphatic carbocycles. The van der Waals surface area contributed by atoms with Crippen molar-refractivity contribution in [1.29, 1.82) is 0 Å². The largest absolute Gasteiger partial charge is 0.457 e. The summed E-state index contributed by atoms with van der Waals surface area (Å²) in [5.74, 6) is 10.2. The Bertz CT molecular complexity index is 1070. The third-order valence-electron chi connectivity index (χ3n) is 4.28. The van der Waals surface area contributed by atoms with E-state index in [1.807, 2.05) is 0 Å². The lowest BCUT2D eigenvalue weighted by Crippen LogP contribution is -2.10. The van der Waals surface area contributed by atoms with Crippen LogP contribution in [0.15, 0.2) is 36.4 Å². The SMILES string of the molecule is C#CCC(OC(C)=O)c1cc(Cl)ccc1C#Cc1ccc(Cl)cc1C(CC#C)OC(C)=O. The first-order valence-electron chi connectivity index (χ1n) is 9.57. The summed E-state index contributed by atoms with van der Waals surface area (Å²) in [4.78, 5) is 23.1. The Kier molecular flexibility index (Phi) is 9.24. The number of carbonyl (C=O) groups is 2. The average molecular weight is 467 g/mol. The molecule has 0 amide bonds. The molecule has 0 N–H and O–H groups in total. The van der Waals surface area contributed by atoms with Crippen LogP contribution in [-0.2, 0) is 19.1 Å². The van der Waals surface area contributed by atoms with E-state index in [1.54, 1.807) is 36.4 Å². The molecule has 0 aliphatic rings. The van der Waals surface area contributed by atoms with Crippen molar-refractivity contribution in [3.8, 4) is 36.5 Å². The van der Waals surface area contributed by atoms with Gasteiger partial charge >= 0.3 is 11.9 Å². The van der Waals surface area contributed by atoms with Crippen LogP contribution in [0, 0.1) is 36.5 Å². The van der Waals surface area contributed by atoms with Crippen molar-refractivity contribution in [3.05, 3.63) is 68.7 Å². The van der Waals surface area contributed by atoms with Crippen molar-refractivity contribution in [2.24, 2.45) is 0 Å². The third kappa shape index (κ3) is 7.11. The minimum absolute atomic E-state index is 0.164. The topological polar surface area (TPSA) is 52.6 Å². The summed E-state index contributed by atoms with van der Waals surface area (Å²) in [6.07, 6.45) is 9.84. The Morgan fingerprint density at radius 1 is 0.812 bits per heavy atom. The van der Waals surface area contributed by atoms with Gasteiger partial charge in [0, 0.05) is 46.1 Å². The van der Waals surface area contributed by atoms with E-state index in [0.717, 1.165) is 0 Å². The van der Waals surface area contributed by atoms with Gasteiger partial charge in [-0.15, -0.1) is 24.7 Å². The Morgan fingerprint density at radius 2 is 1.19 bits per heavy atom. The molecule has 0 saturated carbocycles. The first-order valence-corrected chi connectivity index (χ1v) is 10.3. The molecule has 0 spiro atoms. The van der Waals surface area contributed by atoms with E-state index < -0.39 is 24.1 Å². The zero-order chi connectivity index (χ0) is 23.7. The summed E-state index contributed by atoms with van der Waals surface area (Å²) in [6.45, 7) is 2.61. The number of carbonyl (C=O) groups excluding carboxylic acids is 2. The fraction of sp³-hybridized carbons (Fsp3) is 0.231. The van der Waals surface area contributed by atoms with Crippen LogP contribution in [0.5, 0.6) is 0 Å². The maximum atomic E-state index is 11.5. The summed E-state index contributed by atoms with van der Waals surface area (Å²) >= 11 is 12.3. The van der Waals surface area contributed by atoms with Gasteiger partial charge in [-0.25, -0.2) is 0 Å². The molecule has 0 aromatic heterocycles. The Labute approximate surface area is 198 Å². The Balaban J connectivity index is 2.57. The van der Waals surface area contributed by atoms with Crippen LogP contribution >= 0.6 is 23.2 Å². The fourth-order valence-electron chi connectivity index (χ4n) is 3.01. The van der Waals surface area contributed by atoms with Crippen LogP contribution < -0.4 is 0 Å². The minimum Gasteiger partial charge on any atom is -0.457 e. The van der Waals surface area contributed by atoms with E-state index in [0.29, 0.717) is 32.3 Å². The van der Waals surface area contributed by atoms with Gasteiger partial charge < -0.3 is 9.47 Å². The maximum Gasteiger partial charge on any atom is 0.303 e. The lowest BCUT2D eigenvalue weighted by molar-refractivity contribution is -0.147. The quantitative estimate of drug-likeness (QED) is 0.407. The van der Waals surface area contributed by atoms with E-state index in [9.17, 15) is 9.59 Å². The fourth-order valence-corrected chi connectivity index (χ4v) is 3.37. The lowest BCUT2D eigenvalue weighted by Gasteiger charge is -2.18. The average Bonchev–Trinajstić information content (AvgIpc) is 2.72. The highest BCUT2D eigenvalue weighted by molar-refractivity contribution is 6.31. The summed E-state index contributed by atoms with van der Waals surface area (Å²) in [5, 5.41) is 0.909. The molecule has 0 aliphatic heterocycles. The molecule has 2 unspecified atom stereocenters. The van der Waals surface area contributed by atoms with Crippen LogP contribution in [0.2, 0.25) is 10.0 Å². The molecular weight excluding hydrogens is 447 g/mol. The third-order valence-corrected chi connectivity index (χ3v) is 4.75. The first-order chi connectivity index (χ1) is 15.2. The highest BCUT2D eigenvalue weighted by atomic mass is 35.5. The molecule has 162 valence electrons. The Hall–Kier alpha value is -3.36. The molecule has 4 nitrogen and oxygen atoms in total. The highest BCUT2D eigenvalue weighted by Gasteiger charge is 2.19. The van der Waals surface area contributed by atoms with Crippen molar-refractivity contribution < 1.29 is 19.1 Å². The van der Waals surface area contributed by atoms with E-state index in [1.165, 1.54) is 13.8 Å². The highest BCUT2D eigenvalue weighted by Crippen LogP contribution is 2.29. The normalized spacial score (nSPS) is 11.7. The lowest BCUT2D eigenvalue weighted by atomic mass is 9.98. The van der Waals surface area contributed by atoms with E-state index in [2.05, 4.69) is 23.7 Å². The number of esters is 2. The smallest absolute Gasteiger partial charge is 0.303 e. The molecule has 0 radical (unpaired) electrons. The van der Waals surface area contributed by atoms with Gasteiger partial charge in [0.25, 0.3) is 0 Å². The summed E-state index contributed by atoms with van der Waals surface area (Å²) in [6, 6.07) is 10.1. The van der Waals surface area contributed by atoms with Gasteiger partial charge in [-0.05, 0) is 36.4 Å². The van der Waals surface area contributed by atoms with Crippen molar-refractivity contribution in [2.45, 2.75) is 38.9 Å². The maximum absolute atomic E-state index is 11.5. The first kappa shape index (κ1) is 24.9. The molecule has 2 aromatic rings. The summed E-state index contributed by atoms with van der Waals surface area (Å²) in [7, 11) is 0. The van der Waals surface area contributed by atoms with Gasteiger partial charge in [0.15, 0.2) is 0 Å². The van der Waals surface area contributed by atoms with E-state index in [-0.39, 0.29) is 12.8 Å². The predicted octanol–water partition coefficient (Wildman–Crippen LogP) is 5.65. The van der Waals surface area contributed by atoms with Gasteiger partial charge in [0.1, 0.15) is 12.2 Å². The van der Waals surface area contributed by atoms with Crippen LogP contribution in [0.3, 0.4) is 0 Å². The monoisotopic (exact) mass is 466 g/mol. The molecule has 0 saturated heterocycles. The van der Waals surface area contributed by atoms with Crippen LogP contribution in [-0.4, -0.2) is 11.9 Å². The molecule has 0 bridgehead atoms. The van der Waals surface area contributed by atoms with Crippen molar-refractivity contribution >= 4 is 35.1 Å². The number of hydrogen-bond acceptors (Lipinski definition) is 4. The minimum atomic E-state index is -0.694. The molecule has 2 atom stereocenters. The molecule has 32 heavy (non-hydrogen) atoms. The van der Waals surface area contributed by atoms with Gasteiger partial charge in [0.05, 0.1) is 12.8 Å². The van der Waals surface area contributed by atoms with E-state index in [4.69, 9.17) is 45.5 Å². The van der Waals surface area contributed by atoms with Gasteiger partial charge in [-0.3, -0.25) is 9.59 Å². The summed E-state index contributed by atoms with van der Waals surface area (Å²) < 4.78 is 10.7. The number of halogens is 2. The van der Waals surface area contributed by atoms with Crippen molar-refractivity contribution in [2.75, 3.05) is 0 Å².